The fraction of sp³-hybridized carbons (Fsp3) is 0.375. The highest BCUT2D eigenvalue weighted by Gasteiger charge is 2.47. The van der Waals surface area contributed by atoms with Crippen LogP contribution in [0.3, 0.4) is 0 Å². The van der Waals surface area contributed by atoms with Gasteiger partial charge < -0.3 is 0 Å². The van der Waals surface area contributed by atoms with Crippen LogP contribution in [0.1, 0.15) is 44.9 Å². The van der Waals surface area contributed by atoms with Crippen LogP contribution < -0.4 is 10.0 Å². The number of ketones is 1. The quantitative estimate of drug-likeness (QED) is 0.681. The number of Topliss-reactive ketones (excluding diaryl/α,β-unsaturated/α-hetero) is 1. The predicted molar refractivity (Wildman–Crippen MR) is 112 cm³/mol. The van der Waals surface area contributed by atoms with E-state index in [2.05, 4.69) is 0 Å². The molecule has 29 heavy (non-hydrogen) atoms. The molecule has 2 amide bonds. The molecule has 2 fully saturated rings. The van der Waals surface area contributed by atoms with Gasteiger partial charge in [-0.15, -0.1) is 0 Å². The third kappa shape index (κ3) is 3.95. The monoisotopic (exact) mass is 390 g/mol. The molecular formula is C24H26N2O3. The zero-order valence-corrected chi connectivity index (χ0v) is 16.5. The summed E-state index contributed by atoms with van der Waals surface area (Å²) in [5.41, 5.74) is 1.30. The molecule has 1 aliphatic heterocycles. The van der Waals surface area contributed by atoms with Crippen molar-refractivity contribution in [2.45, 2.75) is 44.9 Å². The second kappa shape index (κ2) is 8.60. The summed E-state index contributed by atoms with van der Waals surface area (Å²) >= 11 is 0. The van der Waals surface area contributed by atoms with Crippen molar-refractivity contribution in [3.63, 3.8) is 0 Å². The lowest BCUT2D eigenvalue weighted by molar-refractivity contribution is -0.128. The molecule has 0 atom stereocenters. The van der Waals surface area contributed by atoms with Crippen LogP contribution in [-0.4, -0.2) is 17.6 Å². The summed E-state index contributed by atoms with van der Waals surface area (Å²) in [6.07, 6.45) is 5.84. The van der Waals surface area contributed by atoms with E-state index >= 15 is 0 Å². The molecule has 2 aliphatic rings. The molecule has 1 saturated carbocycles. The molecule has 0 aromatic heterocycles. The molecule has 5 nitrogen and oxygen atoms in total. The highest BCUT2D eigenvalue weighted by Crippen LogP contribution is 2.34. The highest BCUT2D eigenvalue weighted by atomic mass is 16.2. The minimum atomic E-state index is -0.817. The molecule has 150 valence electrons. The lowest BCUT2D eigenvalue weighted by Crippen LogP contribution is -2.41. The first-order chi connectivity index (χ1) is 14.2. The Bertz CT molecular complexity index is 818. The van der Waals surface area contributed by atoms with Crippen molar-refractivity contribution in [2.75, 3.05) is 10.0 Å². The molecule has 2 aromatic carbocycles. The van der Waals surface area contributed by atoms with Gasteiger partial charge in [-0.1, -0.05) is 55.7 Å². The second-order valence-electron chi connectivity index (χ2n) is 7.86. The normalized spacial score (nSPS) is 18.5. The second-order valence-corrected chi connectivity index (χ2v) is 7.86. The van der Waals surface area contributed by atoms with Crippen molar-refractivity contribution in [3.8, 4) is 0 Å². The van der Waals surface area contributed by atoms with E-state index in [-0.39, 0.29) is 36.4 Å². The van der Waals surface area contributed by atoms with Gasteiger partial charge >= 0.3 is 0 Å². The van der Waals surface area contributed by atoms with Gasteiger partial charge in [-0.05, 0) is 43.5 Å². The van der Waals surface area contributed by atoms with Crippen molar-refractivity contribution in [3.05, 3.63) is 60.7 Å². The molecule has 0 N–H and O–H groups in total. The summed E-state index contributed by atoms with van der Waals surface area (Å²) in [5, 5.41) is 2.90. The molecule has 0 bridgehead atoms. The third-order valence-electron chi connectivity index (χ3n) is 5.96. The first kappa shape index (κ1) is 19.4. The highest BCUT2D eigenvalue weighted by molar-refractivity contribution is 6.23. The van der Waals surface area contributed by atoms with Gasteiger partial charge in [-0.2, -0.15) is 0 Å². The van der Waals surface area contributed by atoms with Crippen LogP contribution in [0.15, 0.2) is 60.7 Å². The summed E-state index contributed by atoms with van der Waals surface area (Å²) in [7, 11) is 0. The number of benzene rings is 2. The Hall–Kier alpha value is -2.95. The number of hydrogen-bond donors (Lipinski definition) is 0. The van der Waals surface area contributed by atoms with Gasteiger partial charge in [0, 0.05) is 12.3 Å². The summed E-state index contributed by atoms with van der Waals surface area (Å²) in [6.45, 7) is 0. The predicted octanol–water partition coefficient (Wildman–Crippen LogP) is 4.53. The summed E-state index contributed by atoms with van der Waals surface area (Å²) < 4.78 is 0. The Labute approximate surface area is 171 Å². The first-order valence-corrected chi connectivity index (χ1v) is 10.5. The molecule has 2 aromatic rings. The fourth-order valence-corrected chi connectivity index (χ4v) is 4.38. The van der Waals surface area contributed by atoms with E-state index < -0.39 is 5.92 Å². The average molecular weight is 390 g/mol. The van der Waals surface area contributed by atoms with E-state index in [1.807, 2.05) is 60.7 Å². The molecule has 0 radical (unpaired) electrons. The number of hydrazine groups is 1. The zero-order valence-electron chi connectivity index (χ0n) is 16.5. The molecule has 0 unspecified atom stereocenters. The maximum absolute atomic E-state index is 13.2. The lowest BCUT2D eigenvalue weighted by atomic mass is 9.84. The molecule has 1 heterocycles. The number of rotatable bonds is 6. The minimum Gasteiger partial charge on any atom is -0.299 e. The molecular weight excluding hydrogens is 364 g/mol. The van der Waals surface area contributed by atoms with Crippen LogP contribution in [0.4, 0.5) is 11.4 Å². The van der Waals surface area contributed by atoms with E-state index in [1.165, 1.54) is 16.4 Å². The van der Waals surface area contributed by atoms with Crippen LogP contribution in [0.2, 0.25) is 0 Å². The Morgan fingerprint density at radius 1 is 0.759 bits per heavy atom. The minimum absolute atomic E-state index is 0.103. The zero-order chi connectivity index (χ0) is 20.2. The Kier molecular flexibility index (Phi) is 5.74. The number of carbonyl (C=O) groups is 3. The molecule has 5 heteroatoms. The van der Waals surface area contributed by atoms with E-state index in [0.29, 0.717) is 11.4 Å². The van der Waals surface area contributed by atoms with Crippen molar-refractivity contribution in [2.24, 2.45) is 11.8 Å². The van der Waals surface area contributed by atoms with Gasteiger partial charge in [0.25, 0.3) is 11.8 Å². The Balaban J connectivity index is 1.56. The number of para-hydroxylation sites is 2. The number of nitrogens with zero attached hydrogens (tertiary/aromatic N) is 2. The van der Waals surface area contributed by atoms with Crippen LogP contribution in [0, 0.1) is 11.8 Å². The lowest BCUT2D eigenvalue weighted by Gasteiger charge is -2.27. The molecule has 4 rings (SSSR count). The van der Waals surface area contributed by atoms with Crippen molar-refractivity contribution in [1.29, 1.82) is 0 Å². The SMILES string of the molecule is O=C(CCC1C(=O)N(c2ccccc2)N(c2ccccc2)C1=O)C1CCCCC1. The number of hydrogen-bond acceptors (Lipinski definition) is 3. The van der Waals surface area contributed by atoms with Gasteiger partial charge in [0.2, 0.25) is 0 Å². The van der Waals surface area contributed by atoms with E-state index in [4.69, 9.17) is 0 Å². The standard InChI is InChI=1S/C24H26N2O3/c27-22(18-10-4-1-5-11-18)17-16-21-23(28)25(19-12-6-2-7-13-19)26(24(21)29)20-14-8-3-9-15-20/h2-3,6-9,12-15,18,21H,1,4-5,10-11,16-17H2. The maximum atomic E-state index is 13.2. The third-order valence-corrected chi connectivity index (χ3v) is 5.96. The Morgan fingerprint density at radius 2 is 1.24 bits per heavy atom. The number of carbonyl (C=O) groups excluding carboxylic acids is 3. The summed E-state index contributed by atoms with van der Waals surface area (Å²) in [5.74, 6) is -1.04. The van der Waals surface area contributed by atoms with Gasteiger partial charge in [-0.25, -0.2) is 10.0 Å². The van der Waals surface area contributed by atoms with Gasteiger partial charge in [-0.3, -0.25) is 14.4 Å². The van der Waals surface area contributed by atoms with Crippen LogP contribution >= 0.6 is 0 Å². The van der Waals surface area contributed by atoms with Crippen molar-refractivity contribution in [1.82, 2.24) is 0 Å². The van der Waals surface area contributed by atoms with E-state index in [9.17, 15) is 14.4 Å². The number of amides is 2. The largest absolute Gasteiger partial charge is 0.299 e. The van der Waals surface area contributed by atoms with Crippen LogP contribution in [0.25, 0.3) is 0 Å². The van der Waals surface area contributed by atoms with Gasteiger partial charge in [0.05, 0.1) is 11.4 Å². The molecule has 1 saturated heterocycles. The Morgan fingerprint density at radius 3 is 1.72 bits per heavy atom. The molecule has 1 aliphatic carbocycles. The van der Waals surface area contributed by atoms with E-state index in [1.54, 1.807) is 0 Å². The van der Waals surface area contributed by atoms with Gasteiger partial charge in [0.15, 0.2) is 0 Å². The topological polar surface area (TPSA) is 57.7 Å². The first-order valence-electron chi connectivity index (χ1n) is 10.5. The maximum Gasteiger partial charge on any atom is 0.258 e. The summed E-state index contributed by atoms with van der Waals surface area (Å²) in [4.78, 5) is 39.1. The summed E-state index contributed by atoms with van der Waals surface area (Å²) in [6, 6.07) is 18.4. The van der Waals surface area contributed by atoms with Crippen molar-refractivity contribution < 1.29 is 14.4 Å². The van der Waals surface area contributed by atoms with Crippen LogP contribution in [-0.2, 0) is 14.4 Å². The fourth-order valence-electron chi connectivity index (χ4n) is 4.38. The average Bonchev–Trinajstić information content (AvgIpc) is 3.03. The van der Waals surface area contributed by atoms with Crippen molar-refractivity contribution >= 4 is 29.0 Å². The number of anilines is 2. The smallest absolute Gasteiger partial charge is 0.258 e. The molecule has 0 spiro atoms. The van der Waals surface area contributed by atoms with E-state index in [0.717, 1.165) is 25.7 Å². The van der Waals surface area contributed by atoms with Crippen LogP contribution in [0.5, 0.6) is 0 Å². The van der Waals surface area contributed by atoms with Gasteiger partial charge in [0.1, 0.15) is 11.7 Å².